The van der Waals surface area contributed by atoms with Crippen molar-refractivity contribution in [1.29, 1.82) is 0 Å². The van der Waals surface area contributed by atoms with Crippen molar-refractivity contribution < 1.29 is 19.7 Å². The maximum atomic E-state index is 12.8. The van der Waals surface area contributed by atoms with Gasteiger partial charge in [-0.3, -0.25) is 4.79 Å². The van der Waals surface area contributed by atoms with Gasteiger partial charge < -0.3 is 25.1 Å². The lowest BCUT2D eigenvalue weighted by Gasteiger charge is -2.31. The Hall–Kier alpha value is -2.80. The van der Waals surface area contributed by atoms with Gasteiger partial charge in [0.25, 0.3) is 0 Å². The zero-order valence-corrected chi connectivity index (χ0v) is 16.9. The summed E-state index contributed by atoms with van der Waals surface area (Å²) in [5.41, 5.74) is 1.07. The average molecular weight is 428 g/mol. The molecule has 0 bridgehead atoms. The molecule has 0 spiro atoms. The van der Waals surface area contributed by atoms with Crippen molar-refractivity contribution in [3.05, 3.63) is 68.5 Å². The third kappa shape index (κ3) is 3.94. The summed E-state index contributed by atoms with van der Waals surface area (Å²) in [5.74, 6) is -0.535. The summed E-state index contributed by atoms with van der Waals surface area (Å²) in [6.45, 7) is 1.23. The van der Waals surface area contributed by atoms with Crippen molar-refractivity contribution in [2.24, 2.45) is 5.92 Å². The number of rotatable bonds is 4. The molecule has 1 saturated heterocycles. The van der Waals surface area contributed by atoms with Crippen LogP contribution in [-0.2, 0) is 0 Å². The molecule has 1 aliphatic rings. The Morgan fingerprint density at radius 3 is 2.63 bits per heavy atom. The summed E-state index contributed by atoms with van der Waals surface area (Å²) in [6, 6.07) is 9.68. The number of aliphatic hydroxyl groups excluding tert-OH is 1. The summed E-state index contributed by atoms with van der Waals surface area (Å²) in [7, 11) is 0. The fourth-order valence-corrected chi connectivity index (χ4v) is 4.15. The fraction of sp³-hybridized carbons (Fsp3) is 0.261. The van der Waals surface area contributed by atoms with Crippen LogP contribution in [0.4, 0.5) is 0 Å². The Morgan fingerprint density at radius 2 is 1.90 bits per heavy atom. The van der Waals surface area contributed by atoms with E-state index < -0.39 is 5.43 Å². The standard InChI is InChI=1S/C23H22ClNO5/c24-15-4-1-13(2-5-15)3-6-16-9-18(27)22-20(29)10-19(28)21(23(22)30-16)17-7-8-25-11-14(17)12-26/h1-6,9-10,14,17,25-26,28-29H,7-8,11-12H2. The fourth-order valence-electron chi connectivity index (χ4n) is 4.03. The molecule has 1 aromatic heterocycles. The highest BCUT2D eigenvalue weighted by Gasteiger charge is 2.31. The van der Waals surface area contributed by atoms with Gasteiger partial charge in [-0.25, -0.2) is 0 Å². The van der Waals surface area contributed by atoms with Crippen molar-refractivity contribution in [1.82, 2.24) is 5.32 Å². The highest BCUT2D eigenvalue weighted by atomic mass is 35.5. The number of fused-ring (bicyclic) bond motifs is 1. The minimum atomic E-state index is -0.403. The summed E-state index contributed by atoms with van der Waals surface area (Å²) >= 11 is 5.91. The second-order valence-electron chi connectivity index (χ2n) is 7.47. The Kier molecular flexibility index (Phi) is 5.81. The molecule has 4 N–H and O–H groups in total. The van der Waals surface area contributed by atoms with Gasteiger partial charge >= 0.3 is 0 Å². The van der Waals surface area contributed by atoms with Crippen LogP contribution in [0.3, 0.4) is 0 Å². The van der Waals surface area contributed by atoms with Crippen molar-refractivity contribution in [2.75, 3.05) is 19.7 Å². The minimum absolute atomic E-state index is 0.0293. The van der Waals surface area contributed by atoms with Crippen LogP contribution in [0.25, 0.3) is 23.1 Å². The van der Waals surface area contributed by atoms with E-state index in [4.69, 9.17) is 16.0 Å². The smallest absolute Gasteiger partial charge is 0.197 e. The van der Waals surface area contributed by atoms with Crippen molar-refractivity contribution in [3.8, 4) is 11.5 Å². The number of aliphatic hydroxyl groups is 1. The summed E-state index contributed by atoms with van der Waals surface area (Å²) in [4.78, 5) is 12.8. The Morgan fingerprint density at radius 1 is 1.13 bits per heavy atom. The van der Waals surface area contributed by atoms with E-state index >= 15 is 0 Å². The van der Waals surface area contributed by atoms with Crippen LogP contribution in [0.1, 0.15) is 29.2 Å². The first-order valence-corrected chi connectivity index (χ1v) is 10.1. The van der Waals surface area contributed by atoms with Gasteiger partial charge in [-0.1, -0.05) is 29.8 Å². The third-order valence-electron chi connectivity index (χ3n) is 5.54. The van der Waals surface area contributed by atoms with Gasteiger partial charge in [0.15, 0.2) is 5.43 Å². The molecule has 0 saturated carbocycles. The second kappa shape index (κ2) is 8.52. The van der Waals surface area contributed by atoms with E-state index in [1.165, 1.54) is 12.1 Å². The number of nitrogens with one attached hydrogen (secondary N) is 1. The molecule has 0 aliphatic carbocycles. The van der Waals surface area contributed by atoms with E-state index in [9.17, 15) is 20.1 Å². The first kappa shape index (κ1) is 20.5. The van der Waals surface area contributed by atoms with Gasteiger partial charge in [-0.2, -0.15) is 0 Å². The van der Waals surface area contributed by atoms with Crippen LogP contribution in [0.2, 0.25) is 5.02 Å². The summed E-state index contributed by atoms with van der Waals surface area (Å²) in [6.07, 6.45) is 4.10. The largest absolute Gasteiger partial charge is 0.507 e. The molecule has 3 aromatic rings. The number of phenolic OH excluding ortho intramolecular Hbond substituents is 2. The van der Waals surface area contributed by atoms with Gasteiger partial charge in [0.2, 0.25) is 0 Å². The maximum Gasteiger partial charge on any atom is 0.197 e. The number of hydrogen-bond acceptors (Lipinski definition) is 6. The molecule has 1 fully saturated rings. The van der Waals surface area contributed by atoms with Gasteiger partial charge in [0.05, 0.1) is 0 Å². The normalized spacial score (nSPS) is 19.5. The van der Waals surface area contributed by atoms with Crippen LogP contribution in [0.15, 0.2) is 45.6 Å². The average Bonchev–Trinajstić information content (AvgIpc) is 2.73. The monoisotopic (exact) mass is 427 g/mol. The molecule has 156 valence electrons. The lowest BCUT2D eigenvalue weighted by Crippen LogP contribution is -2.37. The molecule has 2 heterocycles. The van der Waals surface area contributed by atoms with Crippen LogP contribution in [0, 0.1) is 5.92 Å². The highest BCUT2D eigenvalue weighted by Crippen LogP contribution is 2.42. The van der Waals surface area contributed by atoms with Gasteiger partial charge in [-0.15, -0.1) is 0 Å². The number of aromatic hydroxyl groups is 2. The van der Waals surface area contributed by atoms with E-state index in [-0.39, 0.29) is 40.9 Å². The van der Waals surface area contributed by atoms with Crippen LogP contribution >= 0.6 is 11.6 Å². The Labute approximate surface area is 178 Å². The molecule has 4 rings (SSSR count). The summed E-state index contributed by atoms with van der Waals surface area (Å²) in [5, 5.41) is 34.6. The van der Waals surface area contributed by atoms with Crippen molar-refractivity contribution in [2.45, 2.75) is 12.3 Å². The zero-order chi connectivity index (χ0) is 21.3. The highest BCUT2D eigenvalue weighted by molar-refractivity contribution is 6.30. The molecule has 1 aliphatic heterocycles. The zero-order valence-electron chi connectivity index (χ0n) is 16.1. The molecule has 6 nitrogen and oxygen atoms in total. The SMILES string of the molecule is O=c1cc(C=Cc2ccc(Cl)cc2)oc2c(C3CCNCC3CO)c(O)cc(O)c12. The van der Waals surface area contributed by atoms with Gasteiger partial charge in [0.1, 0.15) is 28.2 Å². The number of halogens is 1. The van der Waals surface area contributed by atoms with Crippen LogP contribution in [0.5, 0.6) is 11.5 Å². The van der Waals surface area contributed by atoms with E-state index in [1.54, 1.807) is 24.3 Å². The number of phenols is 2. The van der Waals surface area contributed by atoms with E-state index in [2.05, 4.69) is 5.32 Å². The molecule has 7 heteroatoms. The van der Waals surface area contributed by atoms with E-state index in [0.29, 0.717) is 35.9 Å². The quantitative estimate of drug-likeness (QED) is 0.506. The van der Waals surface area contributed by atoms with Crippen molar-refractivity contribution in [3.63, 3.8) is 0 Å². The first-order valence-electron chi connectivity index (χ1n) is 9.76. The number of benzene rings is 2. The predicted octanol–water partition coefficient (Wildman–Crippen LogP) is 3.71. The van der Waals surface area contributed by atoms with Gasteiger partial charge in [-0.05, 0) is 42.7 Å². The molecule has 0 radical (unpaired) electrons. The maximum absolute atomic E-state index is 12.8. The number of piperidine rings is 1. The lowest BCUT2D eigenvalue weighted by molar-refractivity contribution is 0.178. The Bertz CT molecular complexity index is 1150. The third-order valence-corrected chi connectivity index (χ3v) is 5.79. The molecule has 0 amide bonds. The second-order valence-corrected chi connectivity index (χ2v) is 7.91. The van der Waals surface area contributed by atoms with Crippen LogP contribution in [-0.4, -0.2) is 35.0 Å². The van der Waals surface area contributed by atoms with E-state index in [1.807, 2.05) is 12.1 Å². The van der Waals surface area contributed by atoms with E-state index in [0.717, 1.165) is 5.56 Å². The predicted molar refractivity (Wildman–Crippen MR) is 117 cm³/mol. The summed E-state index contributed by atoms with van der Waals surface area (Å²) < 4.78 is 5.99. The number of hydrogen-bond donors (Lipinski definition) is 4. The first-order chi connectivity index (χ1) is 14.5. The van der Waals surface area contributed by atoms with Crippen LogP contribution < -0.4 is 10.7 Å². The molecule has 30 heavy (non-hydrogen) atoms. The molecular weight excluding hydrogens is 406 g/mol. The topological polar surface area (TPSA) is 103 Å². The molecule has 2 atom stereocenters. The molecule has 2 aromatic carbocycles. The lowest BCUT2D eigenvalue weighted by atomic mass is 9.80. The molecular formula is C23H22ClNO5. The van der Waals surface area contributed by atoms with Gasteiger partial charge in [0, 0.05) is 41.8 Å². The Balaban J connectivity index is 1.85. The minimum Gasteiger partial charge on any atom is -0.507 e. The van der Waals surface area contributed by atoms with Crippen molar-refractivity contribution >= 4 is 34.7 Å². The molecule has 2 unspecified atom stereocenters.